The van der Waals surface area contributed by atoms with Gasteiger partial charge in [0.25, 0.3) is 10.0 Å². The Morgan fingerprint density at radius 3 is 2.45 bits per heavy atom. The van der Waals surface area contributed by atoms with Crippen LogP contribution in [-0.4, -0.2) is 17.2 Å². The summed E-state index contributed by atoms with van der Waals surface area (Å²) in [5.74, 6) is 0. The zero-order valence-corrected chi connectivity index (χ0v) is 13.2. The Labute approximate surface area is 128 Å². The van der Waals surface area contributed by atoms with Crippen molar-refractivity contribution in [2.45, 2.75) is 4.90 Å². The van der Waals surface area contributed by atoms with Crippen molar-refractivity contribution in [3.05, 3.63) is 46.9 Å². The third-order valence-corrected chi connectivity index (χ3v) is 5.10. The highest BCUT2D eigenvalue weighted by atomic mass is 79.9. The number of nitrogens with zero attached hydrogens (tertiary/aromatic N) is 2. The fourth-order valence-electron chi connectivity index (χ4n) is 1.66. The molecule has 1 aromatic heterocycles. The third kappa shape index (κ3) is 2.67. The molecule has 0 aliphatic rings. The van der Waals surface area contributed by atoms with Crippen molar-refractivity contribution in [3.8, 4) is 0 Å². The van der Waals surface area contributed by atoms with Gasteiger partial charge < -0.3 is 0 Å². The summed E-state index contributed by atoms with van der Waals surface area (Å²) in [6, 6.07) is 11.6. The second-order valence-corrected chi connectivity index (χ2v) is 7.15. The molecule has 1 heterocycles. The number of benzene rings is 2. The van der Waals surface area contributed by atoms with Crippen LogP contribution >= 0.6 is 27.7 Å². The number of rotatable bonds is 3. The average Bonchev–Trinajstić information content (AvgIpc) is 2.88. The lowest BCUT2D eigenvalue weighted by Crippen LogP contribution is -2.12. The van der Waals surface area contributed by atoms with Gasteiger partial charge in [-0.15, -0.1) is 0 Å². The van der Waals surface area contributed by atoms with Crippen molar-refractivity contribution < 1.29 is 8.42 Å². The lowest BCUT2D eigenvalue weighted by Gasteiger charge is -2.07. The van der Waals surface area contributed by atoms with Gasteiger partial charge in [-0.05, 0) is 42.5 Å². The van der Waals surface area contributed by atoms with Crippen molar-refractivity contribution in [3.63, 3.8) is 0 Å². The van der Waals surface area contributed by atoms with Gasteiger partial charge in [-0.2, -0.15) is 8.75 Å². The molecule has 8 heteroatoms. The van der Waals surface area contributed by atoms with Gasteiger partial charge in [-0.1, -0.05) is 15.9 Å². The van der Waals surface area contributed by atoms with Crippen LogP contribution in [0.15, 0.2) is 51.8 Å². The number of nitrogens with one attached hydrogen (secondary N) is 1. The molecular formula is C12H8BrN3O2S2. The normalized spacial score (nSPS) is 11.7. The Balaban J connectivity index is 1.96. The summed E-state index contributed by atoms with van der Waals surface area (Å²) in [6.07, 6.45) is 0. The van der Waals surface area contributed by atoms with E-state index in [4.69, 9.17) is 0 Å². The van der Waals surface area contributed by atoms with E-state index in [1.165, 1.54) is 12.1 Å². The Kier molecular flexibility index (Phi) is 3.45. The van der Waals surface area contributed by atoms with Crippen LogP contribution in [0, 0.1) is 0 Å². The highest BCUT2D eigenvalue weighted by molar-refractivity contribution is 9.10. The molecule has 0 aliphatic carbocycles. The predicted molar refractivity (Wildman–Crippen MR) is 82.4 cm³/mol. The molecule has 20 heavy (non-hydrogen) atoms. The molecule has 0 saturated heterocycles. The molecule has 0 aliphatic heterocycles. The fraction of sp³-hybridized carbons (Fsp3) is 0. The Morgan fingerprint density at radius 2 is 1.70 bits per heavy atom. The van der Waals surface area contributed by atoms with Gasteiger partial charge in [0.1, 0.15) is 11.0 Å². The third-order valence-electron chi connectivity index (χ3n) is 2.63. The number of sulfonamides is 1. The minimum absolute atomic E-state index is 0.167. The van der Waals surface area contributed by atoms with Crippen molar-refractivity contribution in [1.82, 2.24) is 8.75 Å². The zero-order chi connectivity index (χ0) is 14.2. The number of hydrogen-bond donors (Lipinski definition) is 1. The van der Waals surface area contributed by atoms with Crippen molar-refractivity contribution in [1.29, 1.82) is 0 Å². The van der Waals surface area contributed by atoms with Crippen LogP contribution in [0.2, 0.25) is 0 Å². The standard InChI is InChI=1S/C12H8BrN3O2S2/c13-8-1-3-9(4-2-8)16-20(17,18)10-5-6-11-12(7-10)15-19-14-11/h1-7,16H. The lowest BCUT2D eigenvalue weighted by molar-refractivity contribution is 0.601. The molecule has 3 rings (SSSR count). The minimum Gasteiger partial charge on any atom is -0.280 e. The first-order valence-corrected chi connectivity index (χ1v) is 8.56. The van der Waals surface area contributed by atoms with E-state index in [1.54, 1.807) is 30.3 Å². The fourth-order valence-corrected chi connectivity index (χ4v) is 3.52. The van der Waals surface area contributed by atoms with Crippen LogP contribution in [-0.2, 0) is 10.0 Å². The quantitative estimate of drug-likeness (QED) is 0.768. The van der Waals surface area contributed by atoms with E-state index < -0.39 is 10.0 Å². The largest absolute Gasteiger partial charge is 0.280 e. The van der Waals surface area contributed by atoms with Crippen LogP contribution in [0.3, 0.4) is 0 Å². The SMILES string of the molecule is O=S(=O)(Nc1ccc(Br)cc1)c1ccc2nsnc2c1. The van der Waals surface area contributed by atoms with Crippen LogP contribution in [0.1, 0.15) is 0 Å². The maximum absolute atomic E-state index is 12.3. The molecule has 3 aromatic rings. The van der Waals surface area contributed by atoms with Gasteiger partial charge in [-0.25, -0.2) is 8.42 Å². The van der Waals surface area contributed by atoms with Crippen molar-refractivity contribution in [2.24, 2.45) is 0 Å². The van der Waals surface area contributed by atoms with E-state index in [0.717, 1.165) is 16.2 Å². The second-order valence-electron chi connectivity index (χ2n) is 4.03. The van der Waals surface area contributed by atoms with E-state index in [0.29, 0.717) is 16.7 Å². The van der Waals surface area contributed by atoms with Gasteiger partial charge >= 0.3 is 0 Å². The molecule has 102 valence electrons. The molecule has 0 saturated carbocycles. The molecule has 0 fully saturated rings. The number of anilines is 1. The molecule has 0 amide bonds. The second kappa shape index (κ2) is 5.12. The van der Waals surface area contributed by atoms with E-state index in [9.17, 15) is 8.42 Å². The summed E-state index contributed by atoms with van der Waals surface area (Å²) in [5, 5.41) is 0. The molecule has 0 atom stereocenters. The van der Waals surface area contributed by atoms with Crippen LogP contribution in [0.5, 0.6) is 0 Å². The van der Waals surface area contributed by atoms with E-state index in [-0.39, 0.29) is 4.90 Å². The first kappa shape index (κ1) is 13.5. The monoisotopic (exact) mass is 369 g/mol. The van der Waals surface area contributed by atoms with Gasteiger partial charge in [0.15, 0.2) is 0 Å². The average molecular weight is 370 g/mol. The maximum Gasteiger partial charge on any atom is 0.261 e. The predicted octanol–water partition coefficient (Wildman–Crippen LogP) is 3.25. The Morgan fingerprint density at radius 1 is 1.00 bits per heavy atom. The first-order valence-electron chi connectivity index (χ1n) is 5.55. The molecular weight excluding hydrogens is 362 g/mol. The van der Waals surface area contributed by atoms with Gasteiger partial charge in [0.05, 0.1) is 16.6 Å². The van der Waals surface area contributed by atoms with Crippen LogP contribution < -0.4 is 4.72 Å². The van der Waals surface area contributed by atoms with Crippen molar-refractivity contribution >= 4 is 54.4 Å². The highest BCUT2D eigenvalue weighted by Gasteiger charge is 2.15. The summed E-state index contributed by atoms with van der Waals surface area (Å²) >= 11 is 4.36. The summed E-state index contributed by atoms with van der Waals surface area (Å²) in [5.41, 5.74) is 1.77. The number of aromatic nitrogens is 2. The summed E-state index contributed by atoms with van der Waals surface area (Å²) in [7, 11) is -3.62. The minimum atomic E-state index is -3.62. The topological polar surface area (TPSA) is 72.0 Å². The molecule has 1 N–H and O–H groups in total. The lowest BCUT2D eigenvalue weighted by atomic mass is 10.3. The van der Waals surface area contributed by atoms with Gasteiger partial charge in [-0.3, -0.25) is 4.72 Å². The summed E-state index contributed by atoms with van der Waals surface area (Å²) < 4.78 is 36.1. The van der Waals surface area contributed by atoms with Crippen LogP contribution in [0.4, 0.5) is 5.69 Å². The molecule has 0 bridgehead atoms. The Bertz CT molecular complexity index is 860. The number of halogens is 1. The maximum atomic E-state index is 12.3. The van der Waals surface area contributed by atoms with E-state index >= 15 is 0 Å². The Hall–Kier alpha value is -1.51. The van der Waals surface area contributed by atoms with E-state index in [1.807, 2.05) is 0 Å². The number of hydrogen-bond acceptors (Lipinski definition) is 5. The van der Waals surface area contributed by atoms with Crippen LogP contribution in [0.25, 0.3) is 11.0 Å². The molecule has 5 nitrogen and oxygen atoms in total. The molecule has 0 unspecified atom stereocenters. The number of fused-ring (bicyclic) bond motifs is 1. The van der Waals surface area contributed by atoms with Gasteiger partial charge in [0.2, 0.25) is 0 Å². The summed E-state index contributed by atoms with van der Waals surface area (Å²) in [6.45, 7) is 0. The zero-order valence-electron chi connectivity index (χ0n) is 9.95. The van der Waals surface area contributed by atoms with Crippen molar-refractivity contribution in [2.75, 3.05) is 4.72 Å². The smallest absolute Gasteiger partial charge is 0.261 e. The summed E-state index contributed by atoms with van der Waals surface area (Å²) in [4.78, 5) is 0.167. The van der Waals surface area contributed by atoms with Gasteiger partial charge in [0, 0.05) is 10.2 Å². The molecule has 0 spiro atoms. The highest BCUT2D eigenvalue weighted by Crippen LogP contribution is 2.21. The van der Waals surface area contributed by atoms with E-state index in [2.05, 4.69) is 29.4 Å². The molecule has 0 radical (unpaired) electrons. The first-order chi connectivity index (χ1) is 9.54. The molecule has 2 aromatic carbocycles.